The minimum atomic E-state index is -1.71. The topological polar surface area (TPSA) is 105 Å². The fourth-order valence-electron chi connectivity index (χ4n) is 3.69. The highest BCUT2D eigenvalue weighted by atomic mass is 35.5. The van der Waals surface area contributed by atoms with Crippen LogP contribution in [0, 0.1) is 11.8 Å². The summed E-state index contributed by atoms with van der Waals surface area (Å²) in [5.74, 6) is 4.29. The van der Waals surface area contributed by atoms with Gasteiger partial charge in [0.1, 0.15) is 11.4 Å². The molecule has 2 atom stereocenters. The van der Waals surface area contributed by atoms with Gasteiger partial charge in [-0.25, -0.2) is 9.48 Å². The SMILES string of the molecule is CC[C@H]1COc2ccc(C#CC3(O)CCN(C)C3=O)cc2-n2nc(C(=O)O)c(Cl)c21. The number of hydrogen-bond acceptors (Lipinski definition) is 5. The number of nitrogens with zero attached hydrogens (tertiary/aromatic N) is 3. The van der Waals surface area contributed by atoms with E-state index in [-0.39, 0.29) is 23.1 Å². The summed E-state index contributed by atoms with van der Waals surface area (Å²) in [6, 6.07) is 5.11. The minimum Gasteiger partial charge on any atom is -0.491 e. The normalized spacial score (nSPS) is 22.5. The molecule has 1 saturated heterocycles. The summed E-state index contributed by atoms with van der Waals surface area (Å²) >= 11 is 6.36. The second-order valence-electron chi connectivity index (χ2n) is 7.45. The van der Waals surface area contributed by atoms with Crippen molar-refractivity contribution in [2.45, 2.75) is 31.3 Å². The first kappa shape index (κ1) is 20.3. The lowest BCUT2D eigenvalue weighted by molar-refractivity contribution is -0.137. The van der Waals surface area contributed by atoms with Crippen molar-refractivity contribution in [3.63, 3.8) is 0 Å². The summed E-state index contributed by atoms with van der Waals surface area (Å²) in [4.78, 5) is 25.1. The Morgan fingerprint density at radius 1 is 1.47 bits per heavy atom. The Bertz CT molecular complexity index is 1120. The second kappa shape index (κ2) is 7.35. The molecule has 0 radical (unpaired) electrons. The average Bonchev–Trinajstić information content (AvgIpc) is 3.13. The van der Waals surface area contributed by atoms with Crippen LogP contribution in [0.15, 0.2) is 18.2 Å². The van der Waals surface area contributed by atoms with E-state index < -0.39 is 17.5 Å². The van der Waals surface area contributed by atoms with Crippen molar-refractivity contribution in [1.82, 2.24) is 14.7 Å². The van der Waals surface area contributed by atoms with Crippen LogP contribution in [-0.2, 0) is 4.79 Å². The highest BCUT2D eigenvalue weighted by molar-refractivity contribution is 6.34. The fraction of sp³-hybridized carbons (Fsp3) is 0.381. The van der Waals surface area contributed by atoms with Crippen LogP contribution in [0.1, 0.15) is 47.4 Å². The smallest absolute Gasteiger partial charge is 0.358 e. The van der Waals surface area contributed by atoms with E-state index in [1.807, 2.05) is 6.92 Å². The molecule has 8 nitrogen and oxygen atoms in total. The first-order chi connectivity index (χ1) is 14.2. The zero-order valence-electron chi connectivity index (χ0n) is 16.5. The molecule has 30 heavy (non-hydrogen) atoms. The second-order valence-corrected chi connectivity index (χ2v) is 7.83. The molecule has 1 aromatic heterocycles. The molecule has 0 aliphatic carbocycles. The number of likely N-dealkylation sites (N-methyl/N-ethyl adjacent to an activating group) is 1. The average molecular weight is 430 g/mol. The van der Waals surface area contributed by atoms with Crippen molar-refractivity contribution in [3.05, 3.63) is 40.2 Å². The van der Waals surface area contributed by atoms with E-state index in [1.165, 1.54) is 9.58 Å². The van der Waals surface area contributed by atoms with Gasteiger partial charge in [-0.15, -0.1) is 0 Å². The van der Waals surface area contributed by atoms with Crippen molar-refractivity contribution < 1.29 is 24.5 Å². The minimum absolute atomic E-state index is 0.0937. The Morgan fingerprint density at radius 3 is 2.87 bits per heavy atom. The van der Waals surface area contributed by atoms with Crippen LogP contribution in [0.25, 0.3) is 5.69 Å². The first-order valence-electron chi connectivity index (χ1n) is 9.55. The standard InChI is InChI=1S/C21H20ClN3O5/c1-3-13-11-30-15-5-4-12(6-7-21(29)8-9-24(2)20(21)28)10-14(15)25-18(13)16(22)17(23-25)19(26)27/h4-5,10,13,29H,3,8-9,11H2,1-2H3,(H,26,27)/t13-,21?/m0/s1. The van der Waals surface area contributed by atoms with Crippen LogP contribution in [0.2, 0.25) is 5.02 Å². The molecule has 2 N–H and O–H groups in total. The third-order valence-corrected chi connectivity index (χ3v) is 5.87. The maximum absolute atomic E-state index is 12.1. The zero-order valence-corrected chi connectivity index (χ0v) is 17.2. The molecule has 1 aromatic carbocycles. The number of rotatable bonds is 2. The van der Waals surface area contributed by atoms with Crippen LogP contribution in [0.3, 0.4) is 0 Å². The summed E-state index contributed by atoms with van der Waals surface area (Å²) in [7, 11) is 1.62. The van der Waals surface area contributed by atoms with Gasteiger partial charge in [-0.05, 0) is 24.6 Å². The fourth-order valence-corrected chi connectivity index (χ4v) is 4.05. The number of halogens is 1. The first-order valence-corrected chi connectivity index (χ1v) is 9.93. The van der Waals surface area contributed by atoms with Gasteiger partial charge < -0.3 is 19.8 Å². The lowest BCUT2D eigenvalue weighted by Crippen LogP contribution is -2.37. The van der Waals surface area contributed by atoms with E-state index in [4.69, 9.17) is 16.3 Å². The van der Waals surface area contributed by atoms with E-state index in [0.29, 0.717) is 42.3 Å². The molecule has 3 heterocycles. The quantitative estimate of drug-likeness (QED) is 0.708. The number of fused-ring (bicyclic) bond motifs is 3. The summed E-state index contributed by atoms with van der Waals surface area (Å²) in [6.07, 6.45) is 0.927. The number of aliphatic hydroxyl groups is 1. The monoisotopic (exact) mass is 429 g/mol. The predicted octanol–water partition coefficient (Wildman–Crippen LogP) is 2.05. The van der Waals surface area contributed by atoms with E-state index in [2.05, 4.69) is 16.9 Å². The third kappa shape index (κ3) is 3.20. The molecule has 2 aliphatic heterocycles. The van der Waals surface area contributed by atoms with Gasteiger partial charge in [0.2, 0.25) is 5.60 Å². The number of carbonyl (C=O) groups is 2. The molecule has 4 rings (SSSR count). The number of benzene rings is 1. The number of hydrogen-bond donors (Lipinski definition) is 2. The van der Waals surface area contributed by atoms with Crippen LogP contribution < -0.4 is 4.74 Å². The summed E-state index contributed by atoms with van der Waals surface area (Å²) in [5, 5.41) is 24.3. The molecule has 9 heteroatoms. The number of likely N-dealkylation sites (tertiary alicyclic amines) is 1. The summed E-state index contributed by atoms with van der Waals surface area (Å²) < 4.78 is 7.40. The van der Waals surface area contributed by atoms with Crippen molar-refractivity contribution in [3.8, 4) is 23.3 Å². The molecule has 1 fully saturated rings. The van der Waals surface area contributed by atoms with Gasteiger partial charge >= 0.3 is 5.97 Å². The van der Waals surface area contributed by atoms with Gasteiger partial charge in [-0.3, -0.25) is 4.79 Å². The molecule has 2 aliphatic rings. The van der Waals surface area contributed by atoms with Crippen LogP contribution in [-0.4, -0.2) is 62.6 Å². The van der Waals surface area contributed by atoms with Gasteiger partial charge in [0.05, 0.1) is 17.3 Å². The van der Waals surface area contributed by atoms with Crippen molar-refractivity contribution >= 4 is 23.5 Å². The van der Waals surface area contributed by atoms with Crippen LogP contribution >= 0.6 is 11.6 Å². The lowest BCUT2D eigenvalue weighted by atomic mass is 10.0. The molecular weight excluding hydrogens is 410 g/mol. The number of amides is 1. The highest BCUT2D eigenvalue weighted by Crippen LogP contribution is 2.38. The van der Waals surface area contributed by atoms with Crippen LogP contribution in [0.4, 0.5) is 0 Å². The van der Waals surface area contributed by atoms with E-state index >= 15 is 0 Å². The summed E-state index contributed by atoms with van der Waals surface area (Å²) in [6.45, 7) is 2.73. The summed E-state index contributed by atoms with van der Waals surface area (Å²) in [5.41, 5.74) is -0.321. The Labute approximate surface area is 178 Å². The van der Waals surface area contributed by atoms with Gasteiger partial charge in [-0.2, -0.15) is 5.10 Å². The van der Waals surface area contributed by atoms with Crippen LogP contribution in [0.5, 0.6) is 5.75 Å². The number of carbonyl (C=O) groups excluding carboxylic acids is 1. The van der Waals surface area contributed by atoms with Crippen molar-refractivity contribution in [1.29, 1.82) is 0 Å². The lowest BCUT2D eigenvalue weighted by Gasteiger charge is -2.13. The Morgan fingerprint density at radius 2 is 2.23 bits per heavy atom. The predicted molar refractivity (Wildman–Crippen MR) is 108 cm³/mol. The van der Waals surface area contributed by atoms with Crippen molar-refractivity contribution in [2.24, 2.45) is 0 Å². The number of aromatic carboxylic acids is 1. The van der Waals surface area contributed by atoms with Crippen molar-refractivity contribution in [2.75, 3.05) is 20.2 Å². The number of carboxylic acids is 1. The molecule has 1 amide bonds. The molecule has 0 spiro atoms. The molecule has 1 unspecified atom stereocenters. The van der Waals surface area contributed by atoms with Gasteiger partial charge in [0.15, 0.2) is 5.69 Å². The molecule has 2 aromatic rings. The number of aromatic nitrogens is 2. The Kier molecular flexibility index (Phi) is 4.96. The highest BCUT2D eigenvalue weighted by Gasteiger charge is 2.42. The van der Waals surface area contributed by atoms with Gasteiger partial charge in [-0.1, -0.05) is 30.4 Å². The molecule has 156 valence electrons. The van der Waals surface area contributed by atoms with E-state index in [1.54, 1.807) is 25.2 Å². The Balaban J connectivity index is 1.81. The molecule has 0 bridgehead atoms. The van der Waals surface area contributed by atoms with Gasteiger partial charge in [0, 0.05) is 31.5 Å². The third-order valence-electron chi connectivity index (χ3n) is 5.49. The largest absolute Gasteiger partial charge is 0.491 e. The Hall–Kier alpha value is -3.02. The van der Waals surface area contributed by atoms with E-state index in [0.717, 1.165) is 0 Å². The zero-order chi connectivity index (χ0) is 21.6. The number of ether oxygens (including phenoxy) is 1. The van der Waals surface area contributed by atoms with Gasteiger partial charge in [0.25, 0.3) is 5.91 Å². The molecule has 0 saturated carbocycles. The van der Waals surface area contributed by atoms with E-state index in [9.17, 15) is 19.8 Å². The maximum Gasteiger partial charge on any atom is 0.358 e. The number of carboxylic acid groups (broad SMARTS) is 1. The molecular formula is C21H20ClN3O5. The maximum atomic E-state index is 12.1.